The van der Waals surface area contributed by atoms with Crippen molar-refractivity contribution in [1.29, 1.82) is 0 Å². The van der Waals surface area contributed by atoms with Crippen LogP contribution in [0.25, 0.3) is 0 Å². The fourth-order valence-electron chi connectivity index (χ4n) is 1.89. The lowest BCUT2D eigenvalue weighted by molar-refractivity contribution is 0.157. The van der Waals surface area contributed by atoms with Gasteiger partial charge >= 0.3 is 0 Å². The van der Waals surface area contributed by atoms with E-state index in [1.54, 1.807) is 12.1 Å². The van der Waals surface area contributed by atoms with Gasteiger partial charge in [-0.15, -0.1) is 0 Å². The van der Waals surface area contributed by atoms with Crippen LogP contribution in [0, 0.1) is 0 Å². The number of halogens is 1. The molecule has 0 spiro atoms. The van der Waals surface area contributed by atoms with E-state index in [-0.39, 0.29) is 0 Å². The molecular weight excluding hydrogens is 240 g/mol. The van der Waals surface area contributed by atoms with Crippen molar-refractivity contribution in [2.24, 2.45) is 0 Å². The second-order valence-electron chi connectivity index (χ2n) is 4.18. The van der Waals surface area contributed by atoms with Crippen LogP contribution in [-0.2, 0) is 0 Å². The van der Waals surface area contributed by atoms with Crippen LogP contribution in [0.4, 0.5) is 0 Å². The standard InChI is InChI=1S/C13H17ClO3/c1-2-3-4-11(15)9-7-12-13(8-10(9)14)17-6-5-16-12/h7-8,11,15H,2-6H2,1H3. The van der Waals surface area contributed by atoms with Crippen molar-refractivity contribution in [3.8, 4) is 11.5 Å². The third-order valence-corrected chi connectivity index (χ3v) is 3.18. The Bertz CT molecular complexity index is 392. The molecule has 0 radical (unpaired) electrons. The Kier molecular flexibility index (Phi) is 4.13. The largest absolute Gasteiger partial charge is 0.486 e. The molecule has 0 fully saturated rings. The maximum absolute atomic E-state index is 10.1. The number of benzene rings is 1. The number of ether oxygens (including phenoxy) is 2. The van der Waals surface area contributed by atoms with Crippen LogP contribution in [0.2, 0.25) is 5.02 Å². The van der Waals surface area contributed by atoms with E-state index in [1.807, 2.05) is 0 Å². The Hall–Kier alpha value is -0.930. The first-order valence-electron chi connectivity index (χ1n) is 5.99. The number of aliphatic hydroxyl groups is 1. The highest BCUT2D eigenvalue weighted by molar-refractivity contribution is 6.31. The summed E-state index contributed by atoms with van der Waals surface area (Å²) in [6, 6.07) is 3.51. The fourth-order valence-corrected chi connectivity index (χ4v) is 2.17. The van der Waals surface area contributed by atoms with Crippen LogP contribution in [0.5, 0.6) is 11.5 Å². The number of unbranched alkanes of at least 4 members (excludes halogenated alkanes) is 1. The van der Waals surface area contributed by atoms with Gasteiger partial charge in [0.2, 0.25) is 0 Å². The first-order valence-corrected chi connectivity index (χ1v) is 6.37. The van der Waals surface area contributed by atoms with Crippen LogP contribution in [0.1, 0.15) is 37.9 Å². The summed E-state index contributed by atoms with van der Waals surface area (Å²) >= 11 is 6.14. The summed E-state index contributed by atoms with van der Waals surface area (Å²) in [6.07, 6.45) is 2.22. The van der Waals surface area contributed by atoms with Gasteiger partial charge in [0.15, 0.2) is 11.5 Å². The van der Waals surface area contributed by atoms with Gasteiger partial charge in [-0.25, -0.2) is 0 Å². The molecule has 0 bridgehead atoms. The number of hydrogen-bond donors (Lipinski definition) is 1. The van der Waals surface area contributed by atoms with Crippen molar-refractivity contribution in [3.63, 3.8) is 0 Å². The molecule has 94 valence electrons. The van der Waals surface area contributed by atoms with Crippen LogP contribution in [0.3, 0.4) is 0 Å². The molecule has 1 aliphatic heterocycles. The smallest absolute Gasteiger partial charge is 0.162 e. The molecule has 2 rings (SSSR count). The van der Waals surface area contributed by atoms with Crippen LogP contribution in [-0.4, -0.2) is 18.3 Å². The summed E-state index contributed by atoms with van der Waals surface area (Å²) in [5.74, 6) is 1.33. The highest BCUT2D eigenvalue weighted by atomic mass is 35.5. The fraction of sp³-hybridized carbons (Fsp3) is 0.538. The SMILES string of the molecule is CCCCC(O)c1cc2c(cc1Cl)OCCO2. The normalized spacial score (nSPS) is 15.7. The van der Waals surface area contributed by atoms with Crippen molar-refractivity contribution in [1.82, 2.24) is 0 Å². The minimum atomic E-state index is -0.529. The van der Waals surface area contributed by atoms with E-state index in [4.69, 9.17) is 21.1 Å². The molecule has 3 nitrogen and oxygen atoms in total. The maximum atomic E-state index is 10.1. The average molecular weight is 257 g/mol. The van der Waals surface area contributed by atoms with Gasteiger partial charge in [0.1, 0.15) is 13.2 Å². The molecule has 4 heteroatoms. The summed E-state index contributed by atoms with van der Waals surface area (Å²) in [6.45, 7) is 3.18. The van der Waals surface area contributed by atoms with E-state index >= 15 is 0 Å². The Balaban J connectivity index is 2.22. The molecule has 1 atom stereocenters. The molecule has 1 aromatic rings. The molecular formula is C13H17ClO3. The monoisotopic (exact) mass is 256 g/mol. The molecule has 1 aliphatic rings. The zero-order valence-electron chi connectivity index (χ0n) is 9.91. The number of aliphatic hydroxyl groups excluding tert-OH is 1. The third kappa shape index (κ3) is 2.85. The van der Waals surface area contributed by atoms with Crippen molar-refractivity contribution < 1.29 is 14.6 Å². The number of rotatable bonds is 4. The first kappa shape index (κ1) is 12.5. The van der Waals surface area contributed by atoms with Crippen LogP contribution >= 0.6 is 11.6 Å². The van der Waals surface area contributed by atoms with Crippen LogP contribution < -0.4 is 9.47 Å². The van der Waals surface area contributed by atoms with Crippen LogP contribution in [0.15, 0.2) is 12.1 Å². The predicted molar refractivity (Wildman–Crippen MR) is 66.9 cm³/mol. The lowest BCUT2D eigenvalue weighted by Crippen LogP contribution is -2.16. The van der Waals surface area contributed by atoms with E-state index in [0.29, 0.717) is 29.7 Å². The van der Waals surface area contributed by atoms with E-state index in [9.17, 15) is 5.11 Å². The zero-order chi connectivity index (χ0) is 12.3. The zero-order valence-corrected chi connectivity index (χ0v) is 10.7. The lowest BCUT2D eigenvalue weighted by Gasteiger charge is -2.21. The van der Waals surface area contributed by atoms with Gasteiger partial charge in [0.25, 0.3) is 0 Å². The molecule has 0 aromatic heterocycles. The van der Waals surface area contributed by atoms with E-state index < -0.39 is 6.10 Å². The van der Waals surface area contributed by atoms with Gasteiger partial charge in [-0.05, 0) is 12.5 Å². The molecule has 0 aliphatic carbocycles. The molecule has 0 saturated carbocycles. The third-order valence-electron chi connectivity index (χ3n) is 2.85. The molecule has 1 heterocycles. The van der Waals surface area contributed by atoms with Gasteiger partial charge in [0.05, 0.1) is 11.1 Å². The maximum Gasteiger partial charge on any atom is 0.162 e. The van der Waals surface area contributed by atoms with E-state index in [1.165, 1.54) is 0 Å². The predicted octanol–water partition coefficient (Wildman–Crippen LogP) is 3.33. The lowest BCUT2D eigenvalue weighted by atomic mass is 10.0. The van der Waals surface area contributed by atoms with Crippen molar-refractivity contribution in [3.05, 3.63) is 22.7 Å². The average Bonchev–Trinajstić information content (AvgIpc) is 2.35. The van der Waals surface area contributed by atoms with E-state index in [0.717, 1.165) is 24.8 Å². The Labute approximate surface area is 106 Å². The molecule has 1 aromatic carbocycles. The summed E-state index contributed by atoms with van der Waals surface area (Å²) in [4.78, 5) is 0. The summed E-state index contributed by atoms with van der Waals surface area (Å²) in [7, 11) is 0. The second-order valence-corrected chi connectivity index (χ2v) is 4.58. The summed E-state index contributed by atoms with van der Waals surface area (Å²) < 4.78 is 10.9. The Morgan fingerprint density at radius 3 is 2.59 bits per heavy atom. The summed E-state index contributed by atoms with van der Waals surface area (Å²) in [5, 5.41) is 10.6. The van der Waals surface area contributed by atoms with Gasteiger partial charge in [-0.1, -0.05) is 31.4 Å². The van der Waals surface area contributed by atoms with Gasteiger partial charge in [-0.3, -0.25) is 0 Å². The van der Waals surface area contributed by atoms with Gasteiger partial charge < -0.3 is 14.6 Å². The summed E-state index contributed by atoms with van der Waals surface area (Å²) in [5.41, 5.74) is 0.726. The Morgan fingerprint density at radius 2 is 1.94 bits per heavy atom. The molecule has 1 N–H and O–H groups in total. The van der Waals surface area contributed by atoms with Gasteiger partial charge in [-0.2, -0.15) is 0 Å². The van der Waals surface area contributed by atoms with Crippen molar-refractivity contribution in [2.45, 2.75) is 32.3 Å². The molecule has 17 heavy (non-hydrogen) atoms. The van der Waals surface area contributed by atoms with E-state index in [2.05, 4.69) is 6.92 Å². The second kappa shape index (κ2) is 5.61. The molecule has 0 saturated heterocycles. The minimum absolute atomic E-state index is 0.529. The highest BCUT2D eigenvalue weighted by Crippen LogP contribution is 2.38. The Morgan fingerprint density at radius 1 is 1.29 bits per heavy atom. The minimum Gasteiger partial charge on any atom is -0.486 e. The number of hydrogen-bond acceptors (Lipinski definition) is 3. The molecule has 0 amide bonds. The van der Waals surface area contributed by atoms with Gasteiger partial charge in [0, 0.05) is 11.6 Å². The van der Waals surface area contributed by atoms with Crippen molar-refractivity contribution >= 4 is 11.6 Å². The molecule has 1 unspecified atom stereocenters. The number of fused-ring (bicyclic) bond motifs is 1. The topological polar surface area (TPSA) is 38.7 Å². The quantitative estimate of drug-likeness (QED) is 0.898. The first-order chi connectivity index (χ1) is 8.22. The van der Waals surface area contributed by atoms with Crippen molar-refractivity contribution in [2.75, 3.05) is 13.2 Å². The highest BCUT2D eigenvalue weighted by Gasteiger charge is 2.18.